The Morgan fingerprint density at radius 2 is 1.88 bits per heavy atom. The predicted octanol–water partition coefficient (Wildman–Crippen LogP) is 2.92. The maximum Gasteiger partial charge on any atom is 0.0193 e. The quantitative estimate of drug-likeness (QED) is 0.821. The first-order chi connectivity index (χ1) is 7.57. The molecule has 1 aliphatic heterocycles. The van der Waals surface area contributed by atoms with Crippen molar-refractivity contribution in [2.45, 2.75) is 52.5 Å². The second-order valence-corrected chi connectivity index (χ2v) is 6.66. The lowest BCUT2D eigenvalue weighted by atomic mass is 9.73. The van der Waals surface area contributed by atoms with Crippen LogP contribution in [0.3, 0.4) is 0 Å². The van der Waals surface area contributed by atoms with Gasteiger partial charge in [-0.25, -0.2) is 0 Å². The summed E-state index contributed by atoms with van der Waals surface area (Å²) < 4.78 is 0. The summed E-state index contributed by atoms with van der Waals surface area (Å²) in [5.74, 6) is 0.966. The number of hydrogen-bond donors (Lipinski definition) is 1. The molecule has 1 saturated heterocycles. The number of nitrogens with zero attached hydrogens (tertiary/aromatic N) is 1. The van der Waals surface area contributed by atoms with E-state index in [0.717, 1.165) is 12.0 Å². The largest absolute Gasteiger partial charge is 0.314 e. The van der Waals surface area contributed by atoms with Crippen molar-refractivity contribution in [1.82, 2.24) is 10.2 Å². The van der Waals surface area contributed by atoms with Gasteiger partial charge in [-0.2, -0.15) is 0 Å². The van der Waals surface area contributed by atoms with E-state index in [1.807, 2.05) is 0 Å². The highest BCUT2D eigenvalue weighted by Crippen LogP contribution is 2.38. The standard InChI is InChI=1S/C14H28N2.ClH/c1-12-10-15-8-9-16(12)11-13-4-6-14(2,3)7-5-13;/h12-13,15H,4-11H2,1-3H3;1H/t12-;/m1./s1. The van der Waals surface area contributed by atoms with Gasteiger partial charge < -0.3 is 5.32 Å². The van der Waals surface area contributed by atoms with E-state index < -0.39 is 0 Å². The van der Waals surface area contributed by atoms with E-state index in [9.17, 15) is 0 Å². The van der Waals surface area contributed by atoms with Gasteiger partial charge in [0.1, 0.15) is 0 Å². The van der Waals surface area contributed by atoms with Gasteiger partial charge in [0.2, 0.25) is 0 Å². The molecular formula is C14H29ClN2. The molecule has 0 aromatic carbocycles. The summed E-state index contributed by atoms with van der Waals surface area (Å²) in [7, 11) is 0. The van der Waals surface area contributed by atoms with Crippen molar-refractivity contribution in [1.29, 1.82) is 0 Å². The van der Waals surface area contributed by atoms with E-state index in [2.05, 4.69) is 31.0 Å². The van der Waals surface area contributed by atoms with Crippen molar-refractivity contribution < 1.29 is 0 Å². The van der Waals surface area contributed by atoms with Gasteiger partial charge in [-0.05, 0) is 43.9 Å². The molecule has 2 fully saturated rings. The Morgan fingerprint density at radius 1 is 1.24 bits per heavy atom. The Balaban J connectivity index is 0.00000144. The highest BCUT2D eigenvalue weighted by Gasteiger charge is 2.29. The Morgan fingerprint density at radius 3 is 2.47 bits per heavy atom. The maximum atomic E-state index is 3.47. The lowest BCUT2D eigenvalue weighted by Gasteiger charge is -2.40. The van der Waals surface area contributed by atoms with Crippen LogP contribution in [0.2, 0.25) is 0 Å². The van der Waals surface area contributed by atoms with Gasteiger partial charge >= 0.3 is 0 Å². The van der Waals surface area contributed by atoms with E-state index in [0.29, 0.717) is 5.41 Å². The fourth-order valence-corrected chi connectivity index (χ4v) is 3.13. The molecule has 2 nitrogen and oxygen atoms in total. The number of halogens is 1. The van der Waals surface area contributed by atoms with Gasteiger partial charge in [0, 0.05) is 32.2 Å². The van der Waals surface area contributed by atoms with Crippen LogP contribution in [0.1, 0.15) is 46.5 Å². The summed E-state index contributed by atoms with van der Waals surface area (Å²) in [5.41, 5.74) is 0.617. The molecule has 1 N–H and O–H groups in total. The minimum Gasteiger partial charge on any atom is -0.314 e. The summed E-state index contributed by atoms with van der Waals surface area (Å²) in [6.07, 6.45) is 5.75. The zero-order valence-electron chi connectivity index (χ0n) is 11.7. The van der Waals surface area contributed by atoms with Crippen molar-refractivity contribution >= 4 is 12.4 Å². The lowest BCUT2D eigenvalue weighted by molar-refractivity contribution is 0.107. The van der Waals surface area contributed by atoms with Crippen LogP contribution in [0.25, 0.3) is 0 Å². The van der Waals surface area contributed by atoms with Crippen molar-refractivity contribution in [2.75, 3.05) is 26.2 Å². The fraction of sp³-hybridized carbons (Fsp3) is 1.00. The molecule has 0 aromatic rings. The summed E-state index contributed by atoms with van der Waals surface area (Å²) in [6, 6.07) is 0.740. The topological polar surface area (TPSA) is 15.3 Å². The minimum atomic E-state index is 0. The van der Waals surface area contributed by atoms with Gasteiger partial charge in [-0.1, -0.05) is 13.8 Å². The molecule has 17 heavy (non-hydrogen) atoms. The molecule has 2 rings (SSSR count). The normalized spacial score (nSPS) is 30.9. The molecule has 102 valence electrons. The average Bonchev–Trinajstić information content (AvgIpc) is 2.24. The van der Waals surface area contributed by atoms with Gasteiger partial charge in [0.15, 0.2) is 0 Å². The molecule has 0 spiro atoms. The highest BCUT2D eigenvalue weighted by atomic mass is 35.5. The van der Waals surface area contributed by atoms with Gasteiger partial charge in [-0.3, -0.25) is 4.90 Å². The summed E-state index contributed by atoms with van der Waals surface area (Å²) >= 11 is 0. The predicted molar refractivity (Wildman–Crippen MR) is 76.9 cm³/mol. The lowest BCUT2D eigenvalue weighted by Crippen LogP contribution is -2.51. The smallest absolute Gasteiger partial charge is 0.0193 e. The Bertz CT molecular complexity index is 220. The Hall–Kier alpha value is 0.210. The summed E-state index contributed by atoms with van der Waals surface area (Å²) in [5, 5.41) is 3.47. The second-order valence-electron chi connectivity index (χ2n) is 6.66. The SMILES string of the molecule is C[C@@H]1CNCCN1CC1CCC(C)(C)CC1.Cl. The summed E-state index contributed by atoms with van der Waals surface area (Å²) in [4.78, 5) is 2.69. The first-order valence-corrected chi connectivity index (χ1v) is 7.02. The maximum absolute atomic E-state index is 3.47. The molecule has 0 amide bonds. The first kappa shape index (κ1) is 15.3. The van der Waals surface area contributed by atoms with E-state index in [-0.39, 0.29) is 12.4 Å². The molecule has 0 bridgehead atoms. The van der Waals surface area contributed by atoms with E-state index >= 15 is 0 Å². The molecule has 1 saturated carbocycles. The van der Waals surface area contributed by atoms with Gasteiger partial charge in [0.25, 0.3) is 0 Å². The zero-order valence-corrected chi connectivity index (χ0v) is 12.5. The van der Waals surface area contributed by atoms with Crippen molar-refractivity contribution in [3.8, 4) is 0 Å². The van der Waals surface area contributed by atoms with Crippen LogP contribution in [-0.2, 0) is 0 Å². The molecule has 1 atom stereocenters. The van der Waals surface area contributed by atoms with E-state index in [1.54, 1.807) is 0 Å². The van der Waals surface area contributed by atoms with Gasteiger partial charge in [0.05, 0.1) is 0 Å². The Kier molecular flexibility index (Phi) is 5.75. The van der Waals surface area contributed by atoms with E-state index in [4.69, 9.17) is 0 Å². The number of rotatable bonds is 2. The van der Waals surface area contributed by atoms with E-state index in [1.165, 1.54) is 51.9 Å². The third-order valence-electron chi connectivity index (χ3n) is 4.59. The van der Waals surface area contributed by atoms with Crippen LogP contribution < -0.4 is 5.32 Å². The van der Waals surface area contributed by atoms with Crippen LogP contribution in [0.4, 0.5) is 0 Å². The molecular weight excluding hydrogens is 232 g/mol. The van der Waals surface area contributed by atoms with Crippen LogP contribution >= 0.6 is 12.4 Å². The van der Waals surface area contributed by atoms with Crippen molar-refractivity contribution in [3.63, 3.8) is 0 Å². The number of nitrogens with one attached hydrogen (secondary N) is 1. The zero-order chi connectivity index (χ0) is 11.6. The van der Waals surface area contributed by atoms with Gasteiger partial charge in [-0.15, -0.1) is 12.4 Å². The molecule has 2 aliphatic rings. The highest BCUT2D eigenvalue weighted by molar-refractivity contribution is 5.85. The monoisotopic (exact) mass is 260 g/mol. The third kappa shape index (κ3) is 4.42. The second kappa shape index (κ2) is 6.40. The van der Waals surface area contributed by atoms with Crippen LogP contribution in [-0.4, -0.2) is 37.1 Å². The molecule has 0 aromatic heterocycles. The first-order valence-electron chi connectivity index (χ1n) is 7.02. The molecule has 3 heteroatoms. The fourth-order valence-electron chi connectivity index (χ4n) is 3.13. The molecule has 0 radical (unpaired) electrons. The third-order valence-corrected chi connectivity index (χ3v) is 4.59. The number of piperazine rings is 1. The average molecular weight is 261 g/mol. The minimum absolute atomic E-state index is 0. The number of hydrogen-bond acceptors (Lipinski definition) is 2. The van der Waals surface area contributed by atoms with Crippen LogP contribution in [0, 0.1) is 11.3 Å². The molecule has 1 heterocycles. The molecule has 1 aliphatic carbocycles. The van der Waals surface area contributed by atoms with Crippen molar-refractivity contribution in [2.24, 2.45) is 11.3 Å². The van der Waals surface area contributed by atoms with Crippen LogP contribution in [0.5, 0.6) is 0 Å². The molecule has 0 unspecified atom stereocenters. The van der Waals surface area contributed by atoms with Crippen molar-refractivity contribution in [3.05, 3.63) is 0 Å². The van der Waals surface area contributed by atoms with Crippen LogP contribution in [0.15, 0.2) is 0 Å². The Labute approximate surface area is 113 Å². The summed E-state index contributed by atoms with van der Waals surface area (Å²) in [6.45, 7) is 12.2.